The van der Waals surface area contributed by atoms with Gasteiger partial charge in [0.1, 0.15) is 6.10 Å². The minimum atomic E-state index is -0.806. The summed E-state index contributed by atoms with van der Waals surface area (Å²) in [6.07, 6.45) is -0.489. The molecule has 4 N–H and O–H groups in total. The van der Waals surface area contributed by atoms with Crippen LogP contribution in [0, 0.1) is 5.41 Å². The van der Waals surface area contributed by atoms with E-state index in [2.05, 4.69) is 10.6 Å². The quantitative estimate of drug-likeness (QED) is 0.705. The summed E-state index contributed by atoms with van der Waals surface area (Å²) in [6.45, 7) is 8.02. The number of amides is 2. The van der Waals surface area contributed by atoms with Crippen LogP contribution in [0.25, 0.3) is 0 Å². The highest BCUT2D eigenvalue weighted by Gasteiger charge is 2.45. The number of para-hydroxylation sites is 2. The molecule has 0 spiro atoms. The fraction of sp³-hybridized carbons (Fsp3) is 0.556. The first-order valence-corrected chi connectivity index (χ1v) is 8.34. The zero-order valence-corrected chi connectivity index (χ0v) is 15.2. The largest absolute Gasteiger partial charge is 0.397 e. The first-order valence-electron chi connectivity index (χ1n) is 8.34. The Morgan fingerprint density at radius 2 is 1.92 bits per heavy atom. The molecular weight excluding hydrogens is 322 g/mol. The Balaban J connectivity index is 1.83. The Morgan fingerprint density at radius 3 is 2.60 bits per heavy atom. The number of rotatable bonds is 5. The average molecular weight is 349 g/mol. The molecule has 1 atom stereocenters. The van der Waals surface area contributed by atoms with E-state index in [0.717, 1.165) is 0 Å². The first kappa shape index (κ1) is 19.2. The predicted octanol–water partition coefficient (Wildman–Crippen LogP) is 1.89. The lowest BCUT2D eigenvalue weighted by atomic mass is 9.85. The maximum absolute atomic E-state index is 12.5. The molecule has 1 aromatic rings. The molecule has 1 heterocycles. The van der Waals surface area contributed by atoms with Crippen LogP contribution in [0.5, 0.6) is 0 Å². The molecule has 25 heavy (non-hydrogen) atoms. The highest BCUT2D eigenvalue weighted by Crippen LogP contribution is 2.34. The number of carbonyl (C=O) groups excluding carboxylic acids is 2. The van der Waals surface area contributed by atoms with Crippen LogP contribution < -0.4 is 16.4 Å². The van der Waals surface area contributed by atoms with Gasteiger partial charge in [-0.1, -0.05) is 26.0 Å². The van der Waals surface area contributed by atoms with Gasteiger partial charge >= 0.3 is 0 Å². The Morgan fingerprint density at radius 1 is 1.24 bits per heavy atom. The van der Waals surface area contributed by atoms with Gasteiger partial charge in [0.05, 0.1) is 18.0 Å². The Labute approximate surface area is 148 Å². The zero-order valence-electron chi connectivity index (χ0n) is 15.2. The number of ether oxygens (including phenoxy) is 2. The summed E-state index contributed by atoms with van der Waals surface area (Å²) >= 11 is 0. The Hall–Kier alpha value is -2.12. The van der Waals surface area contributed by atoms with Crippen molar-refractivity contribution in [1.82, 2.24) is 5.32 Å². The monoisotopic (exact) mass is 349 g/mol. The van der Waals surface area contributed by atoms with Crippen molar-refractivity contribution in [2.45, 2.75) is 46.0 Å². The molecule has 1 aliphatic rings. The average Bonchev–Trinajstić information content (AvgIpc) is 2.52. The van der Waals surface area contributed by atoms with E-state index in [1.807, 2.05) is 13.8 Å². The fourth-order valence-electron chi connectivity index (χ4n) is 2.54. The Bertz CT molecular complexity index is 643. The van der Waals surface area contributed by atoms with E-state index in [1.54, 1.807) is 38.1 Å². The van der Waals surface area contributed by atoms with Crippen molar-refractivity contribution in [3.63, 3.8) is 0 Å². The first-order chi connectivity index (χ1) is 11.6. The number of hydrogen-bond acceptors (Lipinski definition) is 5. The molecule has 2 rings (SSSR count). The van der Waals surface area contributed by atoms with E-state index in [1.165, 1.54) is 0 Å². The van der Waals surface area contributed by atoms with Crippen molar-refractivity contribution < 1.29 is 19.1 Å². The highest BCUT2D eigenvalue weighted by molar-refractivity contribution is 5.94. The lowest BCUT2D eigenvalue weighted by Gasteiger charge is -2.44. The number of nitrogen functional groups attached to an aromatic ring is 1. The van der Waals surface area contributed by atoms with E-state index in [0.29, 0.717) is 18.0 Å². The fourth-order valence-corrected chi connectivity index (χ4v) is 2.54. The van der Waals surface area contributed by atoms with E-state index >= 15 is 0 Å². The summed E-state index contributed by atoms with van der Waals surface area (Å²) < 4.78 is 11.4. The summed E-state index contributed by atoms with van der Waals surface area (Å²) in [5.41, 5.74) is 6.41. The number of hydrogen-bond donors (Lipinski definition) is 3. The molecule has 138 valence electrons. The standard InChI is InChI=1S/C18H27N3O4/c1-17(2)11-24-18(3,4)25-15(17)16(23)20-10-9-14(22)21-13-8-6-5-7-12(13)19/h5-8,15H,9-11,19H2,1-4H3,(H,20,23)(H,21,22). The minimum Gasteiger partial charge on any atom is -0.397 e. The lowest BCUT2D eigenvalue weighted by molar-refractivity contribution is -0.304. The second kappa shape index (κ2) is 7.41. The molecule has 1 aliphatic heterocycles. The molecule has 1 aromatic carbocycles. The van der Waals surface area contributed by atoms with Crippen LogP contribution in [0.4, 0.5) is 11.4 Å². The van der Waals surface area contributed by atoms with Crippen LogP contribution in [0.2, 0.25) is 0 Å². The molecule has 7 nitrogen and oxygen atoms in total. The second-order valence-corrected chi connectivity index (χ2v) is 7.35. The number of nitrogens with two attached hydrogens (primary N) is 1. The van der Waals surface area contributed by atoms with E-state index < -0.39 is 17.3 Å². The molecule has 7 heteroatoms. The molecule has 0 bridgehead atoms. The van der Waals surface area contributed by atoms with Gasteiger partial charge in [-0.25, -0.2) is 0 Å². The van der Waals surface area contributed by atoms with Gasteiger partial charge in [-0.2, -0.15) is 0 Å². The van der Waals surface area contributed by atoms with Gasteiger partial charge in [0.15, 0.2) is 5.79 Å². The molecular formula is C18H27N3O4. The number of nitrogens with one attached hydrogen (secondary N) is 2. The Kier molecular flexibility index (Phi) is 5.69. The summed E-state index contributed by atoms with van der Waals surface area (Å²) in [5.74, 6) is -1.26. The van der Waals surface area contributed by atoms with Crippen molar-refractivity contribution >= 4 is 23.2 Å². The van der Waals surface area contributed by atoms with Gasteiger partial charge in [0.25, 0.3) is 0 Å². The maximum Gasteiger partial charge on any atom is 0.249 e. The second-order valence-electron chi connectivity index (χ2n) is 7.35. The molecule has 1 saturated heterocycles. The molecule has 2 amide bonds. The number of anilines is 2. The summed E-state index contributed by atoms with van der Waals surface area (Å²) in [4.78, 5) is 24.4. The van der Waals surface area contributed by atoms with Crippen molar-refractivity contribution in [2.24, 2.45) is 5.41 Å². The molecule has 0 aliphatic carbocycles. The summed E-state index contributed by atoms with van der Waals surface area (Å²) in [7, 11) is 0. The topological polar surface area (TPSA) is 103 Å². The van der Waals surface area contributed by atoms with Crippen molar-refractivity contribution in [1.29, 1.82) is 0 Å². The van der Waals surface area contributed by atoms with Gasteiger partial charge in [0.2, 0.25) is 11.8 Å². The normalized spacial score (nSPS) is 21.4. The van der Waals surface area contributed by atoms with E-state index in [-0.39, 0.29) is 24.8 Å². The van der Waals surface area contributed by atoms with E-state index in [9.17, 15) is 9.59 Å². The van der Waals surface area contributed by atoms with Crippen molar-refractivity contribution in [3.05, 3.63) is 24.3 Å². The summed E-state index contributed by atoms with van der Waals surface area (Å²) in [6, 6.07) is 7.03. The van der Waals surface area contributed by atoms with Crippen LogP contribution in [0.3, 0.4) is 0 Å². The minimum absolute atomic E-state index is 0.146. The molecule has 0 saturated carbocycles. The van der Waals surface area contributed by atoms with Gasteiger partial charge in [-0.3, -0.25) is 9.59 Å². The third-order valence-corrected chi connectivity index (χ3v) is 4.03. The lowest BCUT2D eigenvalue weighted by Crippen LogP contribution is -2.56. The SMILES string of the molecule is CC1(C)OCC(C)(C)C(C(=O)NCCC(=O)Nc2ccccc2N)O1. The third-order valence-electron chi connectivity index (χ3n) is 4.03. The van der Waals surface area contributed by atoms with Gasteiger partial charge in [0, 0.05) is 18.4 Å². The van der Waals surface area contributed by atoms with Crippen LogP contribution in [0.1, 0.15) is 34.1 Å². The highest BCUT2D eigenvalue weighted by atomic mass is 16.7. The summed E-state index contributed by atoms with van der Waals surface area (Å²) in [5, 5.41) is 5.49. The third kappa shape index (κ3) is 5.17. The van der Waals surface area contributed by atoms with Crippen LogP contribution >= 0.6 is 0 Å². The molecule has 1 fully saturated rings. The van der Waals surface area contributed by atoms with E-state index in [4.69, 9.17) is 15.2 Å². The van der Waals surface area contributed by atoms with Gasteiger partial charge < -0.3 is 25.8 Å². The van der Waals surface area contributed by atoms with Gasteiger partial charge in [-0.15, -0.1) is 0 Å². The molecule has 1 unspecified atom stereocenters. The van der Waals surface area contributed by atoms with Crippen LogP contribution in [-0.4, -0.2) is 36.9 Å². The predicted molar refractivity (Wildman–Crippen MR) is 95.8 cm³/mol. The van der Waals surface area contributed by atoms with Crippen LogP contribution in [-0.2, 0) is 19.1 Å². The zero-order chi connectivity index (χ0) is 18.7. The molecule has 0 radical (unpaired) electrons. The van der Waals surface area contributed by atoms with Gasteiger partial charge in [-0.05, 0) is 26.0 Å². The number of benzene rings is 1. The maximum atomic E-state index is 12.5. The van der Waals surface area contributed by atoms with Crippen LogP contribution in [0.15, 0.2) is 24.3 Å². The van der Waals surface area contributed by atoms with Crippen molar-refractivity contribution in [3.8, 4) is 0 Å². The smallest absolute Gasteiger partial charge is 0.249 e. The molecule has 0 aromatic heterocycles. The van der Waals surface area contributed by atoms with Crippen molar-refractivity contribution in [2.75, 3.05) is 24.2 Å². The number of carbonyl (C=O) groups is 2.